The van der Waals surface area contributed by atoms with Gasteiger partial charge in [-0.05, 0) is 38.4 Å². The van der Waals surface area contributed by atoms with Gasteiger partial charge in [-0.25, -0.2) is 0 Å². The Bertz CT molecular complexity index is 204. The second kappa shape index (κ2) is 7.82. The minimum absolute atomic E-state index is 0.436. The quantitative estimate of drug-likeness (QED) is 0.668. The molecule has 1 heterocycles. The van der Waals surface area contributed by atoms with Crippen molar-refractivity contribution < 1.29 is 4.74 Å². The molecule has 16 heavy (non-hydrogen) atoms. The minimum Gasteiger partial charge on any atom is -0.377 e. The highest BCUT2D eigenvalue weighted by Crippen LogP contribution is 2.13. The van der Waals surface area contributed by atoms with Crippen LogP contribution in [0.2, 0.25) is 0 Å². The fourth-order valence-corrected chi connectivity index (χ4v) is 2.20. The lowest BCUT2D eigenvalue weighted by Crippen LogP contribution is -2.41. The lowest BCUT2D eigenvalue weighted by Gasteiger charge is -2.32. The topological polar surface area (TPSA) is 24.5 Å². The van der Waals surface area contributed by atoms with Crippen molar-refractivity contribution in [3.8, 4) is 0 Å². The molecule has 0 bridgehead atoms. The summed E-state index contributed by atoms with van der Waals surface area (Å²) in [6, 6.07) is 0. The minimum atomic E-state index is 0.436. The highest BCUT2D eigenvalue weighted by atomic mass is 16.5. The number of ether oxygens (including phenoxy) is 1. The van der Waals surface area contributed by atoms with Gasteiger partial charge in [-0.2, -0.15) is 0 Å². The standard InChI is InChI=1S/C13H26N2O/c1-4-14-9-12(3)10-15-8-6-7-13(11-15)16-5-2/h13-14H,3-11H2,1-2H3. The molecule has 0 aromatic carbocycles. The van der Waals surface area contributed by atoms with Gasteiger partial charge in [-0.3, -0.25) is 4.90 Å². The van der Waals surface area contributed by atoms with E-state index < -0.39 is 0 Å². The zero-order chi connectivity index (χ0) is 11.8. The van der Waals surface area contributed by atoms with Crippen molar-refractivity contribution in [3.63, 3.8) is 0 Å². The molecule has 1 fully saturated rings. The Hall–Kier alpha value is -0.380. The predicted octanol–water partition coefficient (Wildman–Crippen LogP) is 1.65. The molecule has 0 spiro atoms. The molecular formula is C13H26N2O. The van der Waals surface area contributed by atoms with Gasteiger partial charge in [0.15, 0.2) is 0 Å². The molecule has 1 unspecified atom stereocenters. The number of nitrogens with zero attached hydrogens (tertiary/aromatic N) is 1. The summed E-state index contributed by atoms with van der Waals surface area (Å²) in [5, 5.41) is 3.32. The van der Waals surface area contributed by atoms with Crippen LogP contribution < -0.4 is 5.32 Å². The SMILES string of the molecule is C=C(CNCC)CN1CCCC(OCC)C1. The van der Waals surface area contributed by atoms with Crippen molar-refractivity contribution in [3.05, 3.63) is 12.2 Å². The lowest BCUT2D eigenvalue weighted by atomic mass is 10.1. The van der Waals surface area contributed by atoms with Crippen LogP contribution in [0.25, 0.3) is 0 Å². The second-order valence-electron chi connectivity index (χ2n) is 4.49. The highest BCUT2D eigenvalue weighted by Gasteiger charge is 2.19. The fourth-order valence-electron chi connectivity index (χ4n) is 2.20. The Labute approximate surface area is 99.8 Å². The van der Waals surface area contributed by atoms with E-state index in [0.717, 1.165) is 32.8 Å². The summed E-state index contributed by atoms with van der Waals surface area (Å²) in [4.78, 5) is 2.46. The van der Waals surface area contributed by atoms with E-state index in [9.17, 15) is 0 Å². The van der Waals surface area contributed by atoms with Gasteiger partial charge >= 0.3 is 0 Å². The third kappa shape index (κ3) is 5.10. The third-order valence-corrected chi connectivity index (χ3v) is 2.94. The summed E-state index contributed by atoms with van der Waals surface area (Å²) < 4.78 is 5.69. The van der Waals surface area contributed by atoms with Crippen molar-refractivity contribution >= 4 is 0 Å². The first-order chi connectivity index (χ1) is 7.76. The monoisotopic (exact) mass is 226 g/mol. The van der Waals surface area contributed by atoms with Gasteiger partial charge in [-0.1, -0.05) is 13.5 Å². The van der Waals surface area contributed by atoms with Crippen LogP contribution in [0.1, 0.15) is 26.7 Å². The Morgan fingerprint density at radius 2 is 2.31 bits per heavy atom. The summed E-state index contributed by atoms with van der Waals surface area (Å²) in [5.74, 6) is 0. The summed E-state index contributed by atoms with van der Waals surface area (Å²) in [7, 11) is 0. The van der Waals surface area contributed by atoms with Crippen LogP contribution in [0, 0.1) is 0 Å². The smallest absolute Gasteiger partial charge is 0.0702 e. The van der Waals surface area contributed by atoms with E-state index in [1.165, 1.54) is 25.0 Å². The molecule has 1 aliphatic rings. The highest BCUT2D eigenvalue weighted by molar-refractivity contribution is 5.00. The van der Waals surface area contributed by atoms with Gasteiger partial charge in [0.2, 0.25) is 0 Å². The van der Waals surface area contributed by atoms with Crippen molar-refractivity contribution in [1.82, 2.24) is 10.2 Å². The van der Waals surface area contributed by atoms with Crippen LogP contribution >= 0.6 is 0 Å². The largest absolute Gasteiger partial charge is 0.377 e. The molecule has 94 valence electrons. The molecule has 1 rings (SSSR count). The first-order valence-electron chi connectivity index (χ1n) is 6.47. The van der Waals surface area contributed by atoms with E-state index in [2.05, 4.69) is 30.6 Å². The van der Waals surface area contributed by atoms with Gasteiger partial charge in [-0.15, -0.1) is 0 Å². The van der Waals surface area contributed by atoms with Crippen LogP contribution in [0.5, 0.6) is 0 Å². The van der Waals surface area contributed by atoms with Gasteiger partial charge < -0.3 is 10.1 Å². The van der Waals surface area contributed by atoms with Crippen LogP contribution in [0.4, 0.5) is 0 Å². The van der Waals surface area contributed by atoms with E-state index in [1.807, 2.05) is 0 Å². The molecule has 3 nitrogen and oxygen atoms in total. The Morgan fingerprint density at radius 1 is 1.50 bits per heavy atom. The molecule has 1 aliphatic heterocycles. The zero-order valence-electron chi connectivity index (χ0n) is 10.8. The summed E-state index contributed by atoms with van der Waals surface area (Å²) in [5.41, 5.74) is 1.28. The van der Waals surface area contributed by atoms with Crippen LogP contribution in [0.3, 0.4) is 0 Å². The van der Waals surface area contributed by atoms with E-state index in [1.54, 1.807) is 0 Å². The average Bonchev–Trinajstić information content (AvgIpc) is 2.27. The van der Waals surface area contributed by atoms with Gasteiger partial charge in [0.1, 0.15) is 0 Å². The van der Waals surface area contributed by atoms with Gasteiger partial charge in [0.25, 0.3) is 0 Å². The first-order valence-corrected chi connectivity index (χ1v) is 6.47. The molecule has 0 aromatic rings. The predicted molar refractivity (Wildman–Crippen MR) is 68.8 cm³/mol. The van der Waals surface area contributed by atoms with E-state index in [4.69, 9.17) is 4.74 Å². The molecule has 3 heteroatoms. The zero-order valence-corrected chi connectivity index (χ0v) is 10.8. The number of nitrogens with one attached hydrogen (secondary N) is 1. The Balaban J connectivity index is 2.22. The molecule has 1 atom stereocenters. The molecule has 1 N–H and O–H groups in total. The Morgan fingerprint density at radius 3 is 3.00 bits per heavy atom. The lowest BCUT2D eigenvalue weighted by molar-refractivity contribution is 0.00851. The molecule has 0 aliphatic carbocycles. The molecule has 1 saturated heterocycles. The maximum Gasteiger partial charge on any atom is 0.0702 e. The summed E-state index contributed by atoms with van der Waals surface area (Å²) in [6.07, 6.45) is 2.90. The van der Waals surface area contributed by atoms with Gasteiger partial charge in [0.05, 0.1) is 6.10 Å². The normalized spacial score (nSPS) is 22.2. The number of likely N-dealkylation sites (N-methyl/N-ethyl adjacent to an activating group) is 1. The first kappa shape index (κ1) is 13.7. The van der Waals surface area contributed by atoms with Gasteiger partial charge in [0, 0.05) is 26.2 Å². The van der Waals surface area contributed by atoms with Crippen LogP contribution in [0.15, 0.2) is 12.2 Å². The number of piperidine rings is 1. The number of rotatable bonds is 7. The van der Waals surface area contributed by atoms with E-state index >= 15 is 0 Å². The molecule has 0 saturated carbocycles. The maximum absolute atomic E-state index is 5.69. The van der Waals surface area contributed by atoms with Crippen molar-refractivity contribution in [2.24, 2.45) is 0 Å². The van der Waals surface area contributed by atoms with E-state index in [-0.39, 0.29) is 0 Å². The van der Waals surface area contributed by atoms with Crippen molar-refractivity contribution in [2.75, 3.05) is 39.3 Å². The fraction of sp³-hybridized carbons (Fsp3) is 0.846. The van der Waals surface area contributed by atoms with Crippen LogP contribution in [-0.2, 0) is 4.74 Å². The molecule has 0 radical (unpaired) electrons. The second-order valence-corrected chi connectivity index (χ2v) is 4.49. The third-order valence-electron chi connectivity index (χ3n) is 2.94. The summed E-state index contributed by atoms with van der Waals surface area (Å²) >= 11 is 0. The number of hydrogen-bond donors (Lipinski definition) is 1. The molecule has 0 aromatic heterocycles. The number of hydrogen-bond acceptors (Lipinski definition) is 3. The molecule has 0 amide bonds. The number of likely N-dealkylation sites (tertiary alicyclic amines) is 1. The van der Waals surface area contributed by atoms with Crippen LogP contribution in [-0.4, -0.2) is 50.3 Å². The maximum atomic E-state index is 5.69. The summed E-state index contributed by atoms with van der Waals surface area (Å²) in [6.45, 7) is 14.4. The Kier molecular flexibility index (Phi) is 6.69. The molecular weight excluding hydrogens is 200 g/mol. The average molecular weight is 226 g/mol. The van der Waals surface area contributed by atoms with Crippen molar-refractivity contribution in [2.45, 2.75) is 32.8 Å². The van der Waals surface area contributed by atoms with Crippen molar-refractivity contribution in [1.29, 1.82) is 0 Å². The van der Waals surface area contributed by atoms with E-state index in [0.29, 0.717) is 6.10 Å².